The number of sulfonamides is 1. The molecule has 1 aliphatic rings. The SMILES string of the molecule is NC1CCN(S(=O)(=O)Cc2ccncc2)CC1. The van der Waals surface area contributed by atoms with Gasteiger partial charge in [0.05, 0.1) is 5.75 Å². The van der Waals surface area contributed by atoms with Gasteiger partial charge in [-0.25, -0.2) is 12.7 Å². The number of hydrogen-bond donors (Lipinski definition) is 1. The molecule has 0 radical (unpaired) electrons. The van der Waals surface area contributed by atoms with Crippen LogP contribution in [0.25, 0.3) is 0 Å². The standard InChI is InChI=1S/C11H17N3O2S/c12-11-3-7-14(8-4-11)17(15,16)9-10-1-5-13-6-2-10/h1-2,5-6,11H,3-4,7-9,12H2. The third-order valence-corrected chi connectivity index (χ3v) is 4.84. The molecule has 1 saturated heterocycles. The largest absolute Gasteiger partial charge is 0.328 e. The number of pyridine rings is 1. The van der Waals surface area contributed by atoms with Gasteiger partial charge in [-0.3, -0.25) is 4.98 Å². The molecule has 0 amide bonds. The van der Waals surface area contributed by atoms with Crippen LogP contribution in [0.1, 0.15) is 18.4 Å². The summed E-state index contributed by atoms with van der Waals surface area (Å²) in [6.45, 7) is 1.07. The molecule has 0 bridgehead atoms. The predicted molar refractivity (Wildman–Crippen MR) is 65.6 cm³/mol. The minimum atomic E-state index is -3.21. The van der Waals surface area contributed by atoms with E-state index < -0.39 is 10.0 Å². The van der Waals surface area contributed by atoms with E-state index in [0.29, 0.717) is 13.1 Å². The van der Waals surface area contributed by atoms with E-state index in [1.807, 2.05) is 0 Å². The average Bonchev–Trinajstić information content (AvgIpc) is 2.30. The third-order valence-electron chi connectivity index (χ3n) is 2.99. The Morgan fingerprint density at radius 1 is 1.29 bits per heavy atom. The molecule has 6 heteroatoms. The molecule has 0 aliphatic carbocycles. The Kier molecular flexibility index (Phi) is 3.76. The van der Waals surface area contributed by atoms with Crippen molar-refractivity contribution in [2.45, 2.75) is 24.6 Å². The van der Waals surface area contributed by atoms with E-state index in [9.17, 15) is 8.42 Å². The van der Waals surface area contributed by atoms with Crippen molar-refractivity contribution >= 4 is 10.0 Å². The topological polar surface area (TPSA) is 76.3 Å². The van der Waals surface area contributed by atoms with Crippen molar-refractivity contribution in [3.63, 3.8) is 0 Å². The lowest BCUT2D eigenvalue weighted by Crippen LogP contribution is -2.43. The van der Waals surface area contributed by atoms with Crippen molar-refractivity contribution in [2.24, 2.45) is 5.73 Å². The molecule has 0 aromatic carbocycles. The predicted octanol–water partition coefficient (Wildman–Crippen LogP) is 0.335. The number of nitrogens with two attached hydrogens (primary N) is 1. The van der Waals surface area contributed by atoms with Crippen molar-refractivity contribution in [1.82, 2.24) is 9.29 Å². The number of piperidine rings is 1. The molecule has 1 aliphatic heterocycles. The minimum absolute atomic E-state index is 0.0464. The van der Waals surface area contributed by atoms with Crippen LogP contribution >= 0.6 is 0 Å². The first-order valence-electron chi connectivity index (χ1n) is 5.70. The zero-order valence-electron chi connectivity index (χ0n) is 9.62. The summed E-state index contributed by atoms with van der Waals surface area (Å²) in [5.41, 5.74) is 6.54. The monoisotopic (exact) mass is 255 g/mol. The van der Waals surface area contributed by atoms with E-state index in [-0.39, 0.29) is 11.8 Å². The average molecular weight is 255 g/mol. The second kappa shape index (κ2) is 5.12. The molecular weight excluding hydrogens is 238 g/mol. The second-order valence-corrected chi connectivity index (χ2v) is 6.32. The van der Waals surface area contributed by atoms with Crippen LogP contribution in [0.5, 0.6) is 0 Å². The van der Waals surface area contributed by atoms with E-state index in [0.717, 1.165) is 18.4 Å². The molecule has 5 nitrogen and oxygen atoms in total. The molecule has 2 N–H and O–H groups in total. The summed E-state index contributed by atoms with van der Waals surface area (Å²) in [6, 6.07) is 3.60. The van der Waals surface area contributed by atoms with Crippen LogP contribution in [0, 0.1) is 0 Å². The normalized spacial score (nSPS) is 19.4. The fourth-order valence-electron chi connectivity index (χ4n) is 1.93. The zero-order valence-corrected chi connectivity index (χ0v) is 10.4. The Morgan fingerprint density at radius 2 is 1.88 bits per heavy atom. The van der Waals surface area contributed by atoms with Gasteiger partial charge < -0.3 is 5.73 Å². The maximum atomic E-state index is 12.1. The van der Waals surface area contributed by atoms with E-state index in [2.05, 4.69) is 4.98 Å². The van der Waals surface area contributed by atoms with Crippen molar-refractivity contribution < 1.29 is 8.42 Å². The van der Waals surface area contributed by atoms with E-state index in [1.165, 1.54) is 4.31 Å². The van der Waals surface area contributed by atoms with Gasteiger partial charge in [0.15, 0.2) is 0 Å². The Labute approximate surface area is 102 Å². The van der Waals surface area contributed by atoms with Gasteiger partial charge >= 0.3 is 0 Å². The van der Waals surface area contributed by atoms with Crippen LogP contribution in [-0.4, -0.2) is 36.8 Å². The highest BCUT2D eigenvalue weighted by atomic mass is 32.2. The summed E-state index contributed by atoms with van der Waals surface area (Å²) < 4.78 is 25.8. The number of hydrogen-bond acceptors (Lipinski definition) is 4. The van der Waals surface area contributed by atoms with E-state index >= 15 is 0 Å². The van der Waals surface area contributed by atoms with Gasteiger partial charge in [-0.05, 0) is 30.5 Å². The molecule has 1 aromatic heterocycles. The molecule has 2 heterocycles. The first kappa shape index (κ1) is 12.5. The summed E-state index contributed by atoms with van der Waals surface area (Å²) >= 11 is 0. The summed E-state index contributed by atoms with van der Waals surface area (Å²) in [7, 11) is -3.21. The lowest BCUT2D eigenvalue weighted by Gasteiger charge is -2.29. The Morgan fingerprint density at radius 3 is 2.47 bits per heavy atom. The van der Waals surface area contributed by atoms with Crippen LogP contribution < -0.4 is 5.73 Å². The molecule has 0 saturated carbocycles. The fraction of sp³-hybridized carbons (Fsp3) is 0.545. The maximum Gasteiger partial charge on any atom is 0.218 e. The van der Waals surface area contributed by atoms with Gasteiger partial charge in [-0.15, -0.1) is 0 Å². The summed E-state index contributed by atoms with van der Waals surface area (Å²) in [5, 5.41) is 0. The van der Waals surface area contributed by atoms with E-state index in [1.54, 1.807) is 24.5 Å². The van der Waals surface area contributed by atoms with Crippen LogP contribution in [0.2, 0.25) is 0 Å². The Bertz CT molecular complexity index is 453. The first-order valence-corrected chi connectivity index (χ1v) is 7.31. The third kappa shape index (κ3) is 3.24. The van der Waals surface area contributed by atoms with Gasteiger partial charge in [-0.2, -0.15) is 0 Å². The molecule has 0 spiro atoms. The van der Waals surface area contributed by atoms with Crippen molar-refractivity contribution in [2.75, 3.05) is 13.1 Å². The lowest BCUT2D eigenvalue weighted by atomic mass is 10.1. The molecular formula is C11H17N3O2S. The second-order valence-electron chi connectivity index (χ2n) is 4.35. The molecule has 1 aromatic rings. The zero-order chi connectivity index (χ0) is 12.3. The molecule has 1 fully saturated rings. The van der Waals surface area contributed by atoms with Crippen molar-refractivity contribution in [3.8, 4) is 0 Å². The van der Waals surface area contributed by atoms with Crippen LogP contribution in [0.4, 0.5) is 0 Å². The number of nitrogens with zero attached hydrogens (tertiary/aromatic N) is 2. The van der Waals surface area contributed by atoms with Crippen LogP contribution in [-0.2, 0) is 15.8 Å². The van der Waals surface area contributed by atoms with Crippen molar-refractivity contribution in [1.29, 1.82) is 0 Å². The van der Waals surface area contributed by atoms with Crippen LogP contribution in [0.15, 0.2) is 24.5 Å². The fourth-order valence-corrected chi connectivity index (χ4v) is 3.50. The molecule has 0 atom stereocenters. The highest BCUT2D eigenvalue weighted by Gasteiger charge is 2.26. The molecule has 2 rings (SSSR count). The summed E-state index contributed by atoms with van der Waals surface area (Å²) in [4.78, 5) is 3.87. The highest BCUT2D eigenvalue weighted by molar-refractivity contribution is 7.88. The Balaban J connectivity index is 2.04. The number of rotatable bonds is 3. The van der Waals surface area contributed by atoms with Gasteiger partial charge in [0, 0.05) is 31.5 Å². The first-order chi connectivity index (χ1) is 8.08. The quantitative estimate of drug-likeness (QED) is 0.844. The van der Waals surface area contributed by atoms with Gasteiger partial charge in [0.2, 0.25) is 10.0 Å². The van der Waals surface area contributed by atoms with Gasteiger partial charge in [0.25, 0.3) is 0 Å². The summed E-state index contributed by atoms with van der Waals surface area (Å²) in [5.74, 6) is 0.0464. The maximum absolute atomic E-state index is 12.1. The molecule has 94 valence electrons. The van der Waals surface area contributed by atoms with Gasteiger partial charge in [0.1, 0.15) is 0 Å². The van der Waals surface area contributed by atoms with E-state index in [4.69, 9.17) is 5.73 Å². The summed E-state index contributed by atoms with van der Waals surface area (Å²) in [6.07, 6.45) is 4.71. The molecule has 0 unspecified atom stereocenters. The smallest absolute Gasteiger partial charge is 0.218 e. The lowest BCUT2D eigenvalue weighted by molar-refractivity contribution is 0.319. The van der Waals surface area contributed by atoms with Gasteiger partial charge in [-0.1, -0.05) is 0 Å². The highest BCUT2D eigenvalue weighted by Crippen LogP contribution is 2.16. The minimum Gasteiger partial charge on any atom is -0.328 e. The van der Waals surface area contributed by atoms with Crippen molar-refractivity contribution in [3.05, 3.63) is 30.1 Å². The van der Waals surface area contributed by atoms with Crippen LogP contribution in [0.3, 0.4) is 0 Å². The number of aromatic nitrogens is 1. The molecule has 17 heavy (non-hydrogen) atoms. The Hall–Kier alpha value is -0.980.